The third-order valence-electron chi connectivity index (χ3n) is 5.76. The fraction of sp³-hybridized carbons (Fsp3) is 0.409. The number of anilines is 2. The van der Waals surface area contributed by atoms with Crippen LogP contribution in [0.15, 0.2) is 42.5 Å². The lowest BCUT2D eigenvalue weighted by molar-refractivity contribution is 0.227. The van der Waals surface area contributed by atoms with Gasteiger partial charge in [0.1, 0.15) is 5.82 Å². The number of halogens is 1. The molecular formula is C22H27FN4O. The van der Waals surface area contributed by atoms with Crippen LogP contribution in [0, 0.1) is 5.82 Å². The minimum Gasteiger partial charge on any atom is -0.374 e. The second kappa shape index (κ2) is 8.19. The molecule has 0 saturated carbocycles. The molecule has 2 N–H and O–H groups in total. The Morgan fingerprint density at radius 1 is 1.11 bits per heavy atom. The first kappa shape index (κ1) is 18.7. The summed E-state index contributed by atoms with van der Waals surface area (Å²) >= 11 is 0. The van der Waals surface area contributed by atoms with Crippen LogP contribution in [-0.4, -0.2) is 44.2 Å². The first-order chi connectivity index (χ1) is 13.6. The van der Waals surface area contributed by atoms with Crippen molar-refractivity contribution >= 4 is 17.4 Å². The number of hydrogen-bond donors (Lipinski definition) is 2. The molecule has 2 aliphatic rings. The fourth-order valence-corrected chi connectivity index (χ4v) is 4.20. The zero-order valence-corrected chi connectivity index (χ0v) is 16.2. The summed E-state index contributed by atoms with van der Waals surface area (Å²) in [5, 5.41) is 5.77. The Morgan fingerprint density at radius 2 is 1.86 bits per heavy atom. The number of carbonyl (C=O) groups excluding carboxylic acids is 1. The highest BCUT2D eigenvalue weighted by Gasteiger charge is 2.26. The van der Waals surface area contributed by atoms with E-state index in [-0.39, 0.29) is 17.9 Å². The van der Waals surface area contributed by atoms with Gasteiger partial charge >= 0.3 is 6.03 Å². The Morgan fingerprint density at radius 3 is 2.61 bits per heavy atom. The van der Waals surface area contributed by atoms with E-state index in [0.717, 1.165) is 26.1 Å². The predicted molar refractivity (Wildman–Crippen MR) is 110 cm³/mol. The van der Waals surface area contributed by atoms with E-state index in [1.165, 1.54) is 41.8 Å². The Hall–Kier alpha value is -2.60. The molecule has 2 aliphatic heterocycles. The van der Waals surface area contributed by atoms with Crippen molar-refractivity contribution in [1.82, 2.24) is 10.2 Å². The summed E-state index contributed by atoms with van der Waals surface area (Å²) in [7, 11) is 2.13. The van der Waals surface area contributed by atoms with Crippen LogP contribution in [0.4, 0.5) is 20.6 Å². The molecular weight excluding hydrogens is 355 g/mol. The summed E-state index contributed by atoms with van der Waals surface area (Å²) in [5.74, 6) is -0.317. The Labute approximate surface area is 165 Å². The van der Waals surface area contributed by atoms with Crippen LogP contribution in [0.5, 0.6) is 0 Å². The van der Waals surface area contributed by atoms with Crippen molar-refractivity contribution in [2.24, 2.45) is 0 Å². The standard InChI is InChI=1S/C22H27FN4O/c1-26-13-10-17-14-16(4-9-20(17)26)21(27-11-2-3-12-27)15-24-22(28)25-19-7-5-18(23)6-8-19/h4-9,14,21H,2-3,10-13,15H2,1H3,(H2,24,25,28)/t21-/m1/s1. The molecule has 4 rings (SSSR count). The van der Waals surface area contributed by atoms with Crippen LogP contribution >= 0.6 is 0 Å². The number of hydrogen-bond acceptors (Lipinski definition) is 3. The van der Waals surface area contributed by atoms with Crippen LogP contribution in [0.25, 0.3) is 0 Å². The largest absolute Gasteiger partial charge is 0.374 e. The zero-order chi connectivity index (χ0) is 19.5. The summed E-state index contributed by atoms with van der Waals surface area (Å²) in [5.41, 5.74) is 4.54. The van der Waals surface area contributed by atoms with Gasteiger partial charge in [-0.05, 0) is 73.8 Å². The lowest BCUT2D eigenvalue weighted by Crippen LogP contribution is -2.38. The molecule has 1 atom stereocenters. The maximum Gasteiger partial charge on any atom is 0.319 e. The lowest BCUT2D eigenvalue weighted by Gasteiger charge is -2.29. The van der Waals surface area contributed by atoms with Gasteiger partial charge < -0.3 is 15.5 Å². The number of amides is 2. The van der Waals surface area contributed by atoms with E-state index in [1.807, 2.05) is 0 Å². The molecule has 6 heteroatoms. The Kier molecular flexibility index (Phi) is 5.48. The number of nitrogens with one attached hydrogen (secondary N) is 2. The molecule has 2 heterocycles. The summed E-state index contributed by atoms with van der Waals surface area (Å²) in [6.45, 7) is 3.72. The Bertz CT molecular complexity index is 833. The quantitative estimate of drug-likeness (QED) is 0.827. The van der Waals surface area contributed by atoms with E-state index in [4.69, 9.17) is 0 Å². The van der Waals surface area contributed by atoms with Crippen LogP contribution in [0.3, 0.4) is 0 Å². The van der Waals surface area contributed by atoms with Crippen LogP contribution < -0.4 is 15.5 Å². The third-order valence-corrected chi connectivity index (χ3v) is 5.76. The topological polar surface area (TPSA) is 47.6 Å². The normalized spacial score (nSPS) is 17.4. The lowest BCUT2D eigenvalue weighted by atomic mass is 10.0. The van der Waals surface area contributed by atoms with Gasteiger partial charge in [-0.15, -0.1) is 0 Å². The molecule has 1 saturated heterocycles. The average molecular weight is 382 g/mol. The molecule has 28 heavy (non-hydrogen) atoms. The number of urea groups is 1. The molecule has 2 amide bonds. The van der Waals surface area contributed by atoms with Gasteiger partial charge in [-0.25, -0.2) is 9.18 Å². The molecule has 2 aromatic rings. The summed E-state index contributed by atoms with van der Waals surface area (Å²) < 4.78 is 13.0. The number of likely N-dealkylation sites (N-methyl/N-ethyl adjacent to an activating group) is 1. The molecule has 1 fully saturated rings. The summed E-state index contributed by atoms with van der Waals surface area (Å²) in [4.78, 5) is 17.1. The van der Waals surface area contributed by atoms with Crippen LogP contribution in [0.1, 0.15) is 30.0 Å². The second-order valence-corrected chi connectivity index (χ2v) is 7.66. The van der Waals surface area contributed by atoms with Crippen molar-refractivity contribution < 1.29 is 9.18 Å². The number of rotatable bonds is 5. The predicted octanol–water partition coefficient (Wildman–Crippen LogP) is 3.78. The molecule has 5 nitrogen and oxygen atoms in total. The van der Waals surface area contributed by atoms with Crippen molar-refractivity contribution in [3.8, 4) is 0 Å². The van der Waals surface area contributed by atoms with E-state index in [2.05, 4.69) is 45.7 Å². The summed E-state index contributed by atoms with van der Waals surface area (Å²) in [6.07, 6.45) is 3.47. The van der Waals surface area contributed by atoms with Gasteiger partial charge in [0.15, 0.2) is 0 Å². The molecule has 0 unspecified atom stereocenters. The van der Waals surface area contributed by atoms with Crippen molar-refractivity contribution in [3.63, 3.8) is 0 Å². The SMILES string of the molecule is CN1CCc2cc([C@@H](CNC(=O)Nc3ccc(F)cc3)N3CCCC3)ccc21. The highest BCUT2D eigenvalue weighted by molar-refractivity contribution is 5.89. The van der Waals surface area contributed by atoms with Gasteiger partial charge in [0.05, 0.1) is 6.04 Å². The van der Waals surface area contributed by atoms with Crippen LogP contribution in [0.2, 0.25) is 0 Å². The van der Waals surface area contributed by atoms with Gasteiger partial charge in [-0.2, -0.15) is 0 Å². The van der Waals surface area contributed by atoms with Crippen molar-refractivity contribution in [2.45, 2.75) is 25.3 Å². The molecule has 0 aliphatic carbocycles. The zero-order valence-electron chi connectivity index (χ0n) is 16.2. The Balaban J connectivity index is 1.45. The number of nitrogens with zero attached hydrogens (tertiary/aromatic N) is 2. The molecule has 2 aromatic carbocycles. The maximum atomic E-state index is 13.0. The first-order valence-corrected chi connectivity index (χ1v) is 9.98. The fourth-order valence-electron chi connectivity index (χ4n) is 4.20. The molecule has 0 aromatic heterocycles. The van der Waals surface area contributed by atoms with Gasteiger partial charge in [0.2, 0.25) is 0 Å². The second-order valence-electron chi connectivity index (χ2n) is 7.66. The smallest absolute Gasteiger partial charge is 0.319 e. The van der Waals surface area contributed by atoms with Gasteiger partial charge in [0.25, 0.3) is 0 Å². The van der Waals surface area contributed by atoms with E-state index < -0.39 is 0 Å². The highest BCUT2D eigenvalue weighted by Crippen LogP contribution is 2.32. The molecule has 0 spiro atoms. The van der Waals surface area contributed by atoms with Gasteiger partial charge in [-0.1, -0.05) is 12.1 Å². The van der Waals surface area contributed by atoms with Gasteiger partial charge in [0, 0.05) is 31.5 Å². The monoisotopic (exact) mass is 382 g/mol. The van der Waals surface area contributed by atoms with E-state index >= 15 is 0 Å². The van der Waals surface area contributed by atoms with Crippen molar-refractivity contribution in [3.05, 3.63) is 59.4 Å². The number of carbonyl (C=O) groups is 1. The van der Waals surface area contributed by atoms with E-state index in [9.17, 15) is 9.18 Å². The number of likely N-dealkylation sites (tertiary alicyclic amines) is 1. The van der Waals surface area contributed by atoms with Crippen LogP contribution in [-0.2, 0) is 6.42 Å². The number of benzene rings is 2. The summed E-state index contributed by atoms with van der Waals surface area (Å²) in [6, 6.07) is 12.4. The third kappa shape index (κ3) is 4.12. The average Bonchev–Trinajstić information content (AvgIpc) is 3.34. The maximum absolute atomic E-state index is 13.0. The van der Waals surface area contributed by atoms with Gasteiger partial charge in [-0.3, -0.25) is 4.90 Å². The highest BCUT2D eigenvalue weighted by atomic mass is 19.1. The minimum absolute atomic E-state index is 0.165. The van der Waals surface area contributed by atoms with Crippen molar-refractivity contribution in [2.75, 3.05) is 43.4 Å². The molecule has 0 bridgehead atoms. The first-order valence-electron chi connectivity index (χ1n) is 9.98. The van der Waals surface area contributed by atoms with E-state index in [1.54, 1.807) is 12.1 Å². The number of fused-ring (bicyclic) bond motifs is 1. The van der Waals surface area contributed by atoms with Crippen molar-refractivity contribution in [1.29, 1.82) is 0 Å². The molecule has 0 radical (unpaired) electrons. The van der Waals surface area contributed by atoms with E-state index in [0.29, 0.717) is 12.2 Å². The minimum atomic E-state index is -0.317. The molecule has 148 valence electrons.